The molecule has 9 nitrogen and oxygen atoms in total. The lowest BCUT2D eigenvalue weighted by Gasteiger charge is -2.24. The highest BCUT2D eigenvalue weighted by atomic mass is 32.1. The summed E-state index contributed by atoms with van der Waals surface area (Å²) in [5, 5.41) is 21.0. The predicted octanol–water partition coefficient (Wildman–Crippen LogP) is 4.31. The van der Waals surface area contributed by atoms with Crippen molar-refractivity contribution in [3.8, 4) is 17.2 Å². The molecule has 1 amide bonds. The van der Waals surface area contributed by atoms with Gasteiger partial charge in [-0.25, -0.2) is 4.98 Å². The fourth-order valence-corrected chi connectivity index (χ4v) is 5.37. The monoisotopic (exact) mass is 532 g/mol. The van der Waals surface area contributed by atoms with Crippen molar-refractivity contribution in [2.75, 3.05) is 32.3 Å². The average molecular weight is 533 g/mol. The number of fused-ring (bicyclic) bond motifs is 1. The van der Waals surface area contributed by atoms with Gasteiger partial charge in [0, 0.05) is 11.1 Å². The van der Waals surface area contributed by atoms with Crippen LogP contribution in [0.4, 0.5) is 5.13 Å². The van der Waals surface area contributed by atoms with Gasteiger partial charge in [0.05, 0.1) is 36.6 Å². The van der Waals surface area contributed by atoms with Crippen LogP contribution in [0.15, 0.2) is 72.3 Å². The maximum atomic E-state index is 13.5. The third-order valence-corrected chi connectivity index (χ3v) is 7.18. The van der Waals surface area contributed by atoms with Gasteiger partial charge in [0.25, 0.3) is 5.78 Å². The van der Waals surface area contributed by atoms with E-state index in [1.807, 2.05) is 0 Å². The Bertz CT molecular complexity index is 1540. The number of hydrogen-bond donors (Lipinski definition) is 2. The lowest BCUT2D eigenvalue weighted by molar-refractivity contribution is -0.132. The third kappa shape index (κ3) is 4.44. The van der Waals surface area contributed by atoms with E-state index < -0.39 is 17.7 Å². The minimum absolute atomic E-state index is 0.00999. The van der Waals surface area contributed by atoms with Crippen LogP contribution >= 0.6 is 11.3 Å². The van der Waals surface area contributed by atoms with E-state index in [-0.39, 0.29) is 29.7 Å². The highest BCUT2D eigenvalue weighted by Crippen LogP contribution is 2.46. The molecule has 0 spiro atoms. The quantitative estimate of drug-likeness (QED) is 0.196. The number of anilines is 1. The number of amides is 1. The molecule has 1 atom stereocenters. The standard InChI is InChI=1S/C28H24N2O7S/c1-35-17-9-7-16(8-10-17)25(32)23-24(19-5-3-4-6-21(19)37-14-13-31)30(27(34)26(23)33)28-29-20-12-11-18(36-2)15-22(20)38-28/h3-12,15,24,31-32H,13-14H2,1-2H3/b25-23-. The molecule has 4 aromatic rings. The normalized spacial score (nSPS) is 16.7. The summed E-state index contributed by atoms with van der Waals surface area (Å²) in [6.07, 6.45) is 0. The summed E-state index contributed by atoms with van der Waals surface area (Å²) >= 11 is 1.23. The molecule has 10 heteroatoms. The van der Waals surface area contributed by atoms with Crippen molar-refractivity contribution < 1.29 is 34.0 Å². The van der Waals surface area contributed by atoms with Crippen molar-refractivity contribution in [1.29, 1.82) is 0 Å². The highest BCUT2D eigenvalue weighted by molar-refractivity contribution is 7.22. The highest BCUT2D eigenvalue weighted by Gasteiger charge is 2.49. The first kappa shape index (κ1) is 25.2. The molecule has 1 aliphatic heterocycles. The zero-order valence-corrected chi connectivity index (χ0v) is 21.4. The van der Waals surface area contributed by atoms with E-state index in [1.165, 1.54) is 23.3 Å². The maximum absolute atomic E-state index is 13.5. The molecule has 0 radical (unpaired) electrons. The maximum Gasteiger partial charge on any atom is 0.301 e. The lowest BCUT2D eigenvalue weighted by atomic mass is 9.94. The summed E-state index contributed by atoms with van der Waals surface area (Å²) in [4.78, 5) is 32.9. The first-order chi connectivity index (χ1) is 18.5. The summed E-state index contributed by atoms with van der Waals surface area (Å²) in [5.41, 5.74) is 1.34. The molecule has 194 valence electrons. The Morgan fingerprint density at radius 2 is 1.71 bits per heavy atom. The minimum Gasteiger partial charge on any atom is -0.507 e. The van der Waals surface area contributed by atoms with Crippen LogP contribution in [-0.4, -0.2) is 54.3 Å². The van der Waals surface area contributed by atoms with Crippen LogP contribution in [0.5, 0.6) is 17.2 Å². The number of carbonyl (C=O) groups excluding carboxylic acids is 2. The fraction of sp³-hybridized carbons (Fsp3) is 0.179. The van der Waals surface area contributed by atoms with Gasteiger partial charge in [-0.2, -0.15) is 0 Å². The molecule has 38 heavy (non-hydrogen) atoms. The zero-order valence-electron chi connectivity index (χ0n) is 20.6. The van der Waals surface area contributed by atoms with E-state index in [0.717, 1.165) is 4.70 Å². The number of para-hydroxylation sites is 1. The smallest absolute Gasteiger partial charge is 0.301 e. The number of nitrogens with zero attached hydrogens (tertiary/aromatic N) is 2. The van der Waals surface area contributed by atoms with Gasteiger partial charge in [0.15, 0.2) is 5.13 Å². The lowest BCUT2D eigenvalue weighted by Crippen LogP contribution is -2.29. The third-order valence-electron chi connectivity index (χ3n) is 6.16. The Morgan fingerprint density at radius 3 is 2.42 bits per heavy atom. The Balaban J connectivity index is 1.72. The first-order valence-corrected chi connectivity index (χ1v) is 12.5. The average Bonchev–Trinajstić information content (AvgIpc) is 3.49. The molecule has 0 saturated carbocycles. The molecule has 0 bridgehead atoms. The second-order valence-electron chi connectivity index (χ2n) is 8.34. The van der Waals surface area contributed by atoms with E-state index in [2.05, 4.69) is 4.98 Å². The number of methoxy groups -OCH3 is 2. The molecular formula is C28H24N2O7S. The van der Waals surface area contributed by atoms with Gasteiger partial charge in [-0.05, 0) is 48.5 Å². The summed E-state index contributed by atoms with van der Waals surface area (Å²) in [6, 6.07) is 17.7. The van der Waals surface area contributed by atoms with E-state index in [4.69, 9.17) is 14.2 Å². The Hall–Kier alpha value is -4.41. The van der Waals surface area contributed by atoms with Crippen LogP contribution in [0.25, 0.3) is 16.0 Å². The number of ketones is 1. The SMILES string of the molecule is COc1ccc(/C(O)=C2/C(=O)C(=O)N(c3nc4ccc(OC)cc4s3)C2c2ccccc2OCCO)cc1. The van der Waals surface area contributed by atoms with E-state index in [9.17, 15) is 19.8 Å². The van der Waals surface area contributed by atoms with Gasteiger partial charge in [-0.1, -0.05) is 29.5 Å². The van der Waals surface area contributed by atoms with Gasteiger partial charge in [0.1, 0.15) is 35.7 Å². The molecule has 2 heterocycles. The summed E-state index contributed by atoms with van der Waals surface area (Å²) in [5.74, 6) is -0.440. The largest absolute Gasteiger partial charge is 0.507 e. The summed E-state index contributed by atoms with van der Waals surface area (Å²) in [7, 11) is 3.08. The van der Waals surface area contributed by atoms with Crippen LogP contribution in [0.3, 0.4) is 0 Å². The second kappa shape index (κ2) is 10.5. The number of ether oxygens (including phenoxy) is 3. The van der Waals surface area contributed by atoms with E-state index in [0.29, 0.717) is 33.9 Å². The number of hydrogen-bond acceptors (Lipinski definition) is 9. The fourth-order valence-electron chi connectivity index (χ4n) is 4.34. The van der Waals surface area contributed by atoms with Crippen molar-refractivity contribution in [2.24, 2.45) is 0 Å². The number of thiazole rings is 1. The minimum atomic E-state index is -1.03. The van der Waals surface area contributed by atoms with Crippen LogP contribution < -0.4 is 19.1 Å². The molecule has 5 rings (SSSR count). The van der Waals surface area contributed by atoms with Crippen molar-refractivity contribution in [3.63, 3.8) is 0 Å². The molecule has 2 N–H and O–H groups in total. The van der Waals surface area contributed by atoms with Crippen LogP contribution in [-0.2, 0) is 9.59 Å². The molecule has 1 aliphatic rings. The number of Topliss-reactive ketones (excluding diaryl/α,β-unsaturated/α-hetero) is 1. The molecule has 1 saturated heterocycles. The number of benzene rings is 3. The predicted molar refractivity (Wildman–Crippen MR) is 143 cm³/mol. The summed E-state index contributed by atoms with van der Waals surface area (Å²) < 4.78 is 17.0. The van der Waals surface area contributed by atoms with Crippen LogP contribution in [0.1, 0.15) is 17.2 Å². The van der Waals surface area contributed by atoms with E-state index >= 15 is 0 Å². The number of aliphatic hydroxyl groups excluding tert-OH is 2. The van der Waals surface area contributed by atoms with Gasteiger partial charge >= 0.3 is 5.91 Å². The molecule has 0 aliphatic carbocycles. The summed E-state index contributed by atoms with van der Waals surface area (Å²) in [6.45, 7) is -0.212. The topological polar surface area (TPSA) is 118 Å². The van der Waals surface area contributed by atoms with Crippen molar-refractivity contribution >= 4 is 44.1 Å². The Labute approximate surface area is 222 Å². The van der Waals surface area contributed by atoms with Crippen molar-refractivity contribution in [1.82, 2.24) is 4.98 Å². The number of carbonyl (C=O) groups is 2. The molecular weight excluding hydrogens is 508 g/mol. The first-order valence-electron chi connectivity index (χ1n) is 11.7. The molecule has 1 unspecified atom stereocenters. The molecule has 3 aromatic carbocycles. The van der Waals surface area contributed by atoms with Crippen LogP contribution in [0.2, 0.25) is 0 Å². The Morgan fingerprint density at radius 1 is 1.00 bits per heavy atom. The van der Waals surface area contributed by atoms with Crippen LogP contribution in [0, 0.1) is 0 Å². The zero-order chi connectivity index (χ0) is 26.8. The van der Waals surface area contributed by atoms with Gasteiger partial charge in [-0.15, -0.1) is 0 Å². The number of rotatable bonds is 8. The Kier molecular flexibility index (Phi) is 6.99. The van der Waals surface area contributed by atoms with Gasteiger partial charge in [0.2, 0.25) is 0 Å². The second-order valence-corrected chi connectivity index (χ2v) is 9.35. The molecule has 1 aromatic heterocycles. The number of aromatic nitrogens is 1. The van der Waals surface area contributed by atoms with Crippen molar-refractivity contribution in [2.45, 2.75) is 6.04 Å². The molecule has 1 fully saturated rings. The van der Waals surface area contributed by atoms with Crippen molar-refractivity contribution in [3.05, 3.63) is 83.4 Å². The van der Waals surface area contributed by atoms with Gasteiger partial charge in [-0.3, -0.25) is 14.5 Å². The number of aliphatic hydroxyl groups is 2. The van der Waals surface area contributed by atoms with Gasteiger partial charge < -0.3 is 24.4 Å². The van der Waals surface area contributed by atoms with E-state index in [1.54, 1.807) is 73.8 Å².